The van der Waals surface area contributed by atoms with Crippen molar-refractivity contribution in [1.29, 1.82) is 0 Å². The molecule has 2 N–H and O–H groups in total. The van der Waals surface area contributed by atoms with Gasteiger partial charge in [0.15, 0.2) is 6.61 Å². The van der Waals surface area contributed by atoms with Gasteiger partial charge in [-0.15, -0.1) is 0 Å². The van der Waals surface area contributed by atoms with Crippen molar-refractivity contribution in [1.82, 2.24) is 10.6 Å². The molecule has 5 nitrogen and oxygen atoms in total. The van der Waals surface area contributed by atoms with E-state index in [1.54, 1.807) is 0 Å². The van der Waals surface area contributed by atoms with Crippen molar-refractivity contribution in [3.8, 4) is 5.75 Å². The maximum Gasteiger partial charge on any atom is 0.258 e. The Labute approximate surface area is 172 Å². The van der Waals surface area contributed by atoms with Crippen LogP contribution in [0.5, 0.6) is 5.75 Å². The fourth-order valence-corrected chi connectivity index (χ4v) is 4.94. The molecule has 0 aromatic heterocycles. The van der Waals surface area contributed by atoms with Crippen LogP contribution in [0.15, 0.2) is 18.2 Å². The van der Waals surface area contributed by atoms with E-state index in [0.717, 1.165) is 25.3 Å². The number of alkyl halides is 2. The predicted molar refractivity (Wildman–Crippen MR) is 101 cm³/mol. The molecule has 4 fully saturated rings. The highest BCUT2D eigenvalue weighted by Gasteiger charge is 2.68. The maximum absolute atomic E-state index is 13.4. The summed E-state index contributed by atoms with van der Waals surface area (Å²) in [5.41, 5.74) is -0.121. The molecule has 1 aliphatic heterocycles. The molecule has 0 radical (unpaired) electrons. The number of rotatable bonds is 8. The number of hydrogen-bond donors (Lipinski definition) is 2. The lowest BCUT2D eigenvalue weighted by molar-refractivity contribution is -0.205. The van der Waals surface area contributed by atoms with Crippen LogP contribution in [0.3, 0.4) is 0 Å². The highest BCUT2D eigenvalue weighted by Crippen LogP contribution is 2.67. The molecule has 2 unspecified atom stereocenters. The van der Waals surface area contributed by atoms with Crippen molar-refractivity contribution >= 4 is 17.5 Å². The van der Waals surface area contributed by atoms with Crippen LogP contribution in [0.1, 0.15) is 32.1 Å². The maximum atomic E-state index is 13.4. The summed E-state index contributed by atoms with van der Waals surface area (Å²) in [6.07, 6.45) is 1.13. The van der Waals surface area contributed by atoms with Gasteiger partial charge in [-0.25, -0.2) is 13.2 Å². The van der Waals surface area contributed by atoms with Crippen molar-refractivity contribution in [2.24, 2.45) is 11.3 Å². The van der Waals surface area contributed by atoms with Crippen LogP contribution in [-0.2, 0) is 9.53 Å². The minimum absolute atomic E-state index is 0.000418. The van der Waals surface area contributed by atoms with Crippen molar-refractivity contribution in [2.45, 2.75) is 50.3 Å². The topological polar surface area (TPSA) is 59.6 Å². The Hall–Kier alpha value is -1.51. The number of piperidine rings is 1. The van der Waals surface area contributed by atoms with E-state index in [1.807, 2.05) is 0 Å². The third-order valence-electron chi connectivity index (χ3n) is 6.16. The van der Waals surface area contributed by atoms with Crippen LogP contribution in [0.2, 0.25) is 5.02 Å². The van der Waals surface area contributed by atoms with E-state index in [1.165, 1.54) is 12.1 Å². The Morgan fingerprint density at radius 1 is 1.31 bits per heavy atom. The van der Waals surface area contributed by atoms with Gasteiger partial charge >= 0.3 is 0 Å². The van der Waals surface area contributed by atoms with Crippen LogP contribution in [0.4, 0.5) is 13.2 Å². The van der Waals surface area contributed by atoms with Gasteiger partial charge in [0.2, 0.25) is 6.43 Å². The number of ether oxygens (including phenoxy) is 2. The van der Waals surface area contributed by atoms with E-state index < -0.39 is 18.2 Å². The molecule has 4 aliphatic rings. The van der Waals surface area contributed by atoms with Crippen molar-refractivity contribution in [3.63, 3.8) is 0 Å². The lowest BCUT2D eigenvalue weighted by Crippen LogP contribution is -2.76. The molecule has 1 aromatic rings. The Kier molecular flexibility index (Phi) is 5.70. The number of halogens is 4. The minimum Gasteiger partial charge on any atom is -0.484 e. The molecule has 1 aromatic carbocycles. The van der Waals surface area contributed by atoms with Gasteiger partial charge in [-0.05, 0) is 44.2 Å². The highest BCUT2D eigenvalue weighted by molar-refractivity contribution is 6.30. The molecule has 2 atom stereocenters. The molecule has 29 heavy (non-hydrogen) atoms. The first-order chi connectivity index (χ1) is 13.8. The van der Waals surface area contributed by atoms with Gasteiger partial charge in [-0.2, -0.15) is 0 Å². The van der Waals surface area contributed by atoms with Gasteiger partial charge in [0, 0.05) is 29.5 Å². The van der Waals surface area contributed by atoms with E-state index >= 15 is 0 Å². The Balaban J connectivity index is 1.14. The first-order valence-corrected chi connectivity index (χ1v) is 10.2. The molecular weight excluding hydrogens is 409 g/mol. The second kappa shape index (κ2) is 7.96. The van der Waals surface area contributed by atoms with Gasteiger partial charge in [0.25, 0.3) is 5.91 Å². The van der Waals surface area contributed by atoms with E-state index in [-0.39, 0.29) is 47.0 Å². The van der Waals surface area contributed by atoms with Crippen molar-refractivity contribution < 1.29 is 27.4 Å². The van der Waals surface area contributed by atoms with E-state index in [2.05, 4.69) is 10.6 Å². The Morgan fingerprint density at radius 2 is 2.07 bits per heavy atom. The molecule has 9 heteroatoms. The number of carbonyl (C=O) groups is 1. The first kappa shape index (κ1) is 20.8. The first-order valence-electron chi connectivity index (χ1n) is 9.80. The lowest BCUT2D eigenvalue weighted by Gasteiger charge is -2.70. The molecule has 1 saturated heterocycles. The monoisotopic (exact) mass is 432 g/mol. The minimum atomic E-state index is -2.28. The molecule has 160 valence electrons. The SMILES string of the molecule is O=C(COc1ccc(Cl)c(F)c1)NC12CC(COC3CCC(C(F)F)CN3)(C1)C2. The zero-order chi connectivity index (χ0) is 20.6. The average molecular weight is 433 g/mol. The second-order valence-electron chi connectivity index (χ2n) is 8.60. The molecule has 2 bridgehead atoms. The average Bonchev–Trinajstić information content (AvgIpc) is 2.64. The molecular formula is C20H24ClF3N2O3. The number of amides is 1. The van der Waals surface area contributed by atoms with Gasteiger partial charge in [0.1, 0.15) is 17.8 Å². The van der Waals surface area contributed by atoms with Gasteiger partial charge in [-0.3, -0.25) is 10.1 Å². The number of nitrogens with one attached hydrogen (secondary N) is 2. The van der Waals surface area contributed by atoms with Crippen molar-refractivity contribution in [3.05, 3.63) is 29.0 Å². The lowest BCUT2D eigenvalue weighted by atomic mass is 9.39. The van der Waals surface area contributed by atoms with Gasteiger partial charge < -0.3 is 14.8 Å². The van der Waals surface area contributed by atoms with Crippen LogP contribution in [-0.4, -0.2) is 43.9 Å². The smallest absolute Gasteiger partial charge is 0.258 e. The number of hydrogen-bond acceptors (Lipinski definition) is 4. The summed E-state index contributed by atoms with van der Waals surface area (Å²) in [6.45, 7) is 0.665. The van der Waals surface area contributed by atoms with Gasteiger partial charge in [-0.1, -0.05) is 11.6 Å². The van der Waals surface area contributed by atoms with Crippen LogP contribution in [0.25, 0.3) is 0 Å². The zero-order valence-corrected chi connectivity index (χ0v) is 16.6. The summed E-state index contributed by atoms with van der Waals surface area (Å²) >= 11 is 5.62. The van der Waals surface area contributed by atoms with E-state index in [9.17, 15) is 18.0 Å². The molecule has 0 spiro atoms. The van der Waals surface area contributed by atoms with Crippen LogP contribution < -0.4 is 15.4 Å². The summed E-state index contributed by atoms with van der Waals surface area (Å²) < 4.78 is 50.0. The highest BCUT2D eigenvalue weighted by atomic mass is 35.5. The molecule has 3 aliphatic carbocycles. The normalized spacial score (nSPS) is 33.0. The fraction of sp³-hybridized carbons (Fsp3) is 0.650. The second-order valence-corrected chi connectivity index (χ2v) is 9.01. The third kappa shape index (κ3) is 4.49. The standard InChI is InChI=1S/C20H24ClF3N2O3/c21-14-3-2-13(5-15(14)22)28-7-16(27)26-20-8-19(9-20,10-20)11-29-17-4-1-12(6-25-17)18(23)24/h2-3,5,12,17-18,25H,1,4,6-11H2,(H,26,27). The Morgan fingerprint density at radius 3 is 2.69 bits per heavy atom. The van der Waals surface area contributed by atoms with Gasteiger partial charge in [0.05, 0.1) is 11.6 Å². The molecule has 1 amide bonds. The van der Waals surface area contributed by atoms with E-state index in [4.69, 9.17) is 21.1 Å². The summed E-state index contributed by atoms with van der Waals surface area (Å²) in [5.74, 6) is -1.18. The quantitative estimate of drug-likeness (QED) is 0.660. The summed E-state index contributed by atoms with van der Waals surface area (Å²) in [5, 5.41) is 6.04. The Bertz CT molecular complexity index is 752. The van der Waals surface area contributed by atoms with Crippen molar-refractivity contribution in [2.75, 3.05) is 19.8 Å². The van der Waals surface area contributed by atoms with E-state index in [0.29, 0.717) is 19.4 Å². The predicted octanol–water partition coefficient (Wildman–Crippen LogP) is 3.50. The van der Waals surface area contributed by atoms with Crippen LogP contribution >= 0.6 is 11.6 Å². The third-order valence-corrected chi connectivity index (χ3v) is 6.47. The molecule has 5 rings (SSSR count). The summed E-state index contributed by atoms with van der Waals surface area (Å²) in [6, 6.07) is 4.03. The number of carbonyl (C=O) groups excluding carboxylic acids is 1. The fourth-order valence-electron chi connectivity index (χ4n) is 4.82. The molecule has 3 saturated carbocycles. The molecule has 1 heterocycles. The zero-order valence-electron chi connectivity index (χ0n) is 15.9. The summed E-state index contributed by atoms with van der Waals surface area (Å²) in [4.78, 5) is 12.1. The van der Waals surface area contributed by atoms with Crippen LogP contribution in [0, 0.1) is 17.2 Å². The number of benzene rings is 1. The summed E-state index contributed by atoms with van der Waals surface area (Å²) in [7, 11) is 0. The largest absolute Gasteiger partial charge is 0.484 e.